The number of benzene rings is 2. The largest absolute Gasteiger partial charge is 0.347 e. The monoisotopic (exact) mass is 435 g/mol. The molecule has 0 N–H and O–H groups in total. The first-order valence-corrected chi connectivity index (χ1v) is 11.0. The van der Waals surface area contributed by atoms with Crippen molar-refractivity contribution in [2.75, 3.05) is 32.7 Å². The van der Waals surface area contributed by atoms with Crippen molar-refractivity contribution in [3.63, 3.8) is 0 Å². The fraction of sp³-hybridized carbons (Fsp3) is 0.280. The molecule has 1 aliphatic heterocycles. The molecule has 0 spiro atoms. The number of hydrogen-bond donors (Lipinski definition) is 0. The van der Waals surface area contributed by atoms with E-state index in [1.54, 1.807) is 23.2 Å². The predicted molar refractivity (Wildman–Crippen MR) is 127 cm³/mol. The second-order valence-electron chi connectivity index (χ2n) is 7.73. The van der Waals surface area contributed by atoms with E-state index in [0.29, 0.717) is 30.0 Å². The van der Waals surface area contributed by atoms with Crippen molar-refractivity contribution in [3.05, 3.63) is 87.2 Å². The van der Waals surface area contributed by atoms with Crippen LogP contribution < -0.4 is 5.43 Å². The first kappa shape index (κ1) is 21.3. The van der Waals surface area contributed by atoms with Gasteiger partial charge in [-0.05, 0) is 30.7 Å². The van der Waals surface area contributed by atoms with E-state index in [-0.39, 0.29) is 16.9 Å². The Morgan fingerprint density at radius 2 is 1.81 bits per heavy atom. The van der Waals surface area contributed by atoms with Crippen molar-refractivity contribution in [1.29, 1.82) is 0 Å². The van der Waals surface area contributed by atoms with E-state index in [1.165, 1.54) is 5.56 Å². The van der Waals surface area contributed by atoms with E-state index in [4.69, 9.17) is 11.6 Å². The Kier molecular flexibility index (Phi) is 6.54. The van der Waals surface area contributed by atoms with Gasteiger partial charge in [0.25, 0.3) is 5.91 Å². The number of nitrogens with zero attached hydrogens (tertiary/aromatic N) is 3. The fourth-order valence-electron chi connectivity index (χ4n) is 3.99. The van der Waals surface area contributed by atoms with Crippen molar-refractivity contribution in [3.8, 4) is 0 Å². The molecule has 0 radical (unpaired) electrons. The van der Waals surface area contributed by atoms with Crippen molar-refractivity contribution in [2.24, 2.45) is 0 Å². The summed E-state index contributed by atoms with van der Waals surface area (Å²) in [5.41, 5.74) is 1.94. The van der Waals surface area contributed by atoms with Crippen LogP contribution in [0.2, 0.25) is 5.02 Å². The van der Waals surface area contributed by atoms with Crippen LogP contribution in [0.5, 0.6) is 0 Å². The molecule has 1 saturated heterocycles. The zero-order valence-corrected chi connectivity index (χ0v) is 18.4. The van der Waals surface area contributed by atoms with E-state index in [2.05, 4.69) is 29.2 Å². The van der Waals surface area contributed by atoms with E-state index in [9.17, 15) is 9.59 Å². The third-order valence-corrected chi connectivity index (χ3v) is 5.98. The summed E-state index contributed by atoms with van der Waals surface area (Å²) in [7, 11) is 0. The molecule has 0 bridgehead atoms. The number of aromatic nitrogens is 1. The lowest BCUT2D eigenvalue weighted by Gasteiger charge is -2.34. The lowest BCUT2D eigenvalue weighted by molar-refractivity contribution is 0.0648. The van der Waals surface area contributed by atoms with Crippen LogP contribution in [0.4, 0.5) is 0 Å². The Hall–Kier alpha value is -2.89. The minimum atomic E-state index is -0.250. The van der Waals surface area contributed by atoms with E-state index in [0.717, 1.165) is 25.2 Å². The van der Waals surface area contributed by atoms with Crippen LogP contribution in [0, 0.1) is 0 Å². The van der Waals surface area contributed by atoms with Crippen LogP contribution in [-0.4, -0.2) is 53.0 Å². The van der Waals surface area contributed by atoms with E-state index in [1.807, 2.05) is 35.8 Å². The molecule has 2 heterocycles. The van der Waals surface area contributed by atoms with Crippen LogP contribution in [0.25, 0.3) is 17.0 Å². The molecule has 31 heavy (non-hydrogen) atoms. The normalized spacial score (nSPS) is 15.1. The Morgan fingerprint density at radius 1 is 1.06 bits per heavy atom. The number of pyridine rings is 1. The number of aryl methyl sites for hydroxylation is 1. The van der Waals surface area contributed by atoms with Crippen molar-refractivity contribution < 1.29 is 4.79 Å². The molecule has 4 rings (SSSR count). The summed E-state index contributed by atoms with van der Waals surface area (Å²) in [5.74, 6) is -0.200. The van der Waals surface area contributed by atoms with E-state index < -0.39 is 0 Å². The Balaban J connectivity index is 1.45. The van der Waals surface area contributed by atoms with Gasteiger partial charge >= 0.3 is 0 Å². The minimum Gasteiger partial charge on any atom is -0.347 e. The molecular formula is C25H26ClN3O2. The Bertz CT molecular complexity index is 1160. The van der Waals surface area contributed by atoms with Gasteiger partial charge in [-0.1, -0.05) is 54.1 Å². The first-order chi connectivity index (χ1) is 15.1. The van der Waals surface area contributed by atoms with Gasteiger partial charge in [-0.25, -0.2) is 0 Å². The molecule has 1 amide bonds. The molecule has 1 aliphatic rings. The molecule has 0 saturated carbocycles. The number of piperazine rings is 1. The summed E-state index contributed by atoms with van der Waals surface area (Å²) in [6.45, 7) is 6.29. The van der Waals surface area contributed by atoms with Crippen molar-refractivity contribution in [2.45, 2.75) is 13.5 Å². The summed E-state index contributed by atoms with van der Waals surface area (Å²) < 4.78 is 1.94. The summed E-state index contributed by atoms with van der Waals surface area (Å²) in [4.78, 5) is 30.3. The van der Waals surface area contributed by atoms with Crippen molar-refractivity contribution in [1.82, 2.24) is 14.4 Å². The average molecular weight is 436 g/mol. The van der Waals surface area contributed by atoms with Crippen LogP contribution in [0.15, 0.2) is 65.6 Å². The highest BCUT2D eigenvalue weighted by atomic mass is 35.5. The van der Waals surface area contributed by atoms with Gasteiger partial charge in [-0.3, -0.25) is 14.5 Å². The molecule has 0 atom stereocenters. The van der Waals surface area contributed by atoms with Gasteiger partial charge in [-0.15, -0.1) is 0 Å². The number of halogens is 1. The highest BCUT2D eigenvalue weighted by Gasteiger charge is 2.24. The second-order valence-corrected chi connectivity index (χ2v) is 8.16. The molecule has 160 valence electrons. The van der Waals surface area contributed by atoms with Gasteiger partial charge in [0.05, 0.1) is 5.52 Å². The van der Waals surface area contributed by atoms with Crippen LogP contribution in [0.1, 0.15) is 22.8 Å². The molecule has 0 unspecified atom stereocenters. The smallest absolute Gasteiger partial charge is 0.259 e. The van der Waals surface area contributed by atoms with Gasteiger partial charge < -0.3 is 9.47 Å². The Labute approximate surface area is 187 Å². The highest BCUT2D eigenvalue weighted by Crippen LogP contribution is 2.18. The minimum absolute atomic E-state index is 0.200. The molecular weight excluding hydrogens is 410 g/mol. The molecule has 1 fully saturated rings. The summed E-state index contributed by atoms with van der Waals surface area (Å²) in [6.07, 6.45) is 5.96. The van der Waals surface area contributed by atoms with Gasteiger partial charge in [-0.2, -0.15) is 0 Å². The lowest BCUT2D eigenvalue weighted by atomic mass is 10.1. The quantitative estimate of drug-likeness (QED) is 0.605. The maximum atomic E-state index is 13.2. The number of carbonyl (C=O) groups is 1. The average Bonchev–Trinajstić information content (AvgIpc) is 2.80. The lowest BCUT2D eigenvalue weighted by Crippen LogP contribution is -2.49. The zero-order chi connectivity index (χ0) is 21.8. The number of hydrogen-bond acceptors (Lipinski definition) is 3. The maximum absolute atomic E-state index is 13.2. The molecule has 2 aromatic carbocycles. The third-order valence-electron chi connectivity index (χ3n) is 5.75. The van der Waals surface area contributed by atoms with Crippen LogP contribution >= 0.6 is 11.6 Å². The van der Waals surface area contributed by atoms with Gasteiger partial charge in [0, 0.05) is 55.9 Å². The SMILES string of the molecule is CCn1cc(C(=O)N2CCN(C/C=C/c3ccccc3)CC2)c(=O)c2cc(Cl)ccc21. The number of amides is 1. The predicted octanol–water partition coefficient (Wildman–Crippen LogP) is 4.15. The third kappa shape index (κ3) is 4.73. The molecule has 3 aromatic rings. The molecule has 5 nitrogen and oxygen atoms in total. The maximum Gasteiger partial charge on any atom is 0.259 e. The highest BCUT2D eigenvalue weighted by molar-refractivity contribution is 6.31. The molecule has 6 heteroatoms. The first-order valence-electron chi connectivity index (χ1n) is 10.6. The topological polar surface area (TPSA) is 45.6 Å². The van der Waals surface area contributed by atoms with Crippen LogP contribution in [-0.2, 0) is 6.54 Å². The van der Waals surface area contributed by atoms with Crippen molar-refractivity contribution >= 4 is 34.5 Å². The number of carbonyl (C=O) groups excluding carboxylic acids is 1. The summed E-state index contributed by atoms with van der Waals surface area (Å²) >= 11 is 6.11. The van der Waals surface area contributed by atoms with Gasteiger partial charge in [0.15, 0.2) is 0 Å². The molecule has 0 aliphatic carbocycles. The zero-order valence-electron chi connectivity index (χ0n) is 17.6. The standard InChI is InChI=1S/C25H26ClN3O2/c1-2-28-18-22(24(30)21-17-20(26)10-11-23(21)28)25(31)29-15-13-27(14-16-29)12-6-9-19-7-4-3-5-8-19/h3-11,17-18H,2,12-16H2,1H3/b9-6+. The van der Waals surface area contributed by atoms with E-state index >= 15 is 0 Å². The molecule has 1 aromatic heterocycles. The second kappa shape index (κ2) is 9.50. The summed E-state index contributed by atoms with van der Waals surface area (Å²) in [5, 5.41) is 0.985. The van der Waals surface area contributed by atoms with Gasteiger partial charge in [0.1, 0.15) is 5.56 Å². The summed E-state index contributed by atoms with van der Waals surface area (Å²) in [6, 6.07) is 15.5. The fourth-order valence-corrected chi connectivity index (χ4v) is 4.16. The van der Waals surface area contributed by atoms with Crippen LogP contribution in [0.3, 0.4) is 0 Å². The number of rotatable bonds is 5. The number of fused-ring (bicyclic) bond motifs is 1. The Morgan fingerprint density at radius 3 is 2.52 bits per heavy atom. The van der Waals surface area contributed by atoms with Gasteiger partial charge in [0.2, 0.25) is 5.43 Å².